The molecule has 190 valence electrons. The second-order valence-corrected chi connectivity index (χ2v) is 47.8. The number of hydrogen-bond donors (Lipinski definition) is 0. The molecule has 6 aromatic rings. The van der Waals surface area contributed by atoms with Crippen LogP contribution in [0.25, 0.3) is 40.3 Å². The normalized spacial score (nSPS) is 11.6. The van der Waals surface area contributed by atoms with Gasteiger partial charge in [0.15, 0.2) is 0 Å². The van der Waals surface area contributed by atoms with Crippen molar-refractivity contribution in [3.63, 3.8) is 0 Å². The Morgan fingerprint density at radius 1 is 0.595 bits per heavy atom. The molecule has 0 unspecified atom stereocenters. The van der Waals surface area contributed by atoms with E-state index in [1.165, 1.54) is 40.3 Å². The number of thiophene rings is 2. The van der Waals surface area contributed by atoms with Crippen LogP contribution in [0, 0.1) is 0 Å². The van der Waals surface area contributed by atoms with Gasteiger partial charge in [-0.15, -0.1) is 11.3 Å². The third-order valence-electron chi connectivity index (χ3n) is 5.58. The van der Waals surface area contributed by atoms with Crippen molar-refractivity contribution >= 4 is 150 Å². The molecule has 37 heavy (non-hydrogen) atoms. The van der Waals surface area contributed by atoms with Crippen LogP contribution in [0.1, 0.15) is 2.85 Å². The largest absolute Gasteiger partial charge is 2.00 e. The zero-order valence-corrected chi connectivity index (χ0v) is 33.5. The Morgan fingerprint density at radius 3 is 1.49 bits per heavy atom. The number of rotatable bonds is 1. The van der Waals surface area contributed by atoms with Crippen LogP contribution in [0.2, 0.25) is 29.6 Å². The Balaban J connectivity index is 0.000000316. The summed E-state index contributed by atoms with van der Waals surface area (Å²) < 4.78 is 8.31. The molecule has 0 fully saturated rings. The Kier molecular flexibility index (Phi) is 11.6. The molecule has 0 amide bonds. The van der Waals surface area contributed by atoms with Gasteiger partial charge in [-0.1, -0.05) is 34.1 Å². The first-order chi connectivity index (χ1) is 16.9. The maximum Gasteiger partial charge on any atom is 2.00 e. The van der Waals surface area contributed by atoms with Crippen molar-refractivity contribution in [1.82, 2.24) is 0 Å². The van der Waals surface area contributed by atoms with E-state index >= 15 is 0 Å². The van der Waals surface area contributed by atoms with E-state index < -0.39 is 35.6 Å². The van der Waals surface area contributed by atoms with Crippen LogP contribution in [-0.4, -0.2) is 58.7 Å². The van der Waals surface area contributed by atoms with Crippen molar-refractivity contribution in [1.29, 1.82) is 0 Å². The van der Waals surface area contributed by atoms with Crippen LogP contribution < -0.4 is 3.58 Å². The van der Waals surface area contributed by atoms with Gasteiger partial charge in [0.05, 0.1) is 0 Å². The smallest absolute Gasteiger partial charge is 1.00 e. The van der Waals surface area contributed by atoms with Gasteiger partial charge < -0.3 is 2.85 Å². The molecule has 0 spiro atoms. The predicted octanol–water partition coefficient (Wildman–Crippen LogP) is 11.3. The van der Waals surface area contributed by atoms with Crippen molar-refractivity contribution in [3.8, 4) is 0 Å². The van der Waals surface area contributed by atoms with E-state index in [0.717, 1.165) is 4.47 Å². The quantitative estimate of drug-likeness (QED) is 0.145. The molecule has 0 bridgehead atoms. The summed E-state index contributed by atoms with van der Waals surface area (Å²) in [7, 11) is 5.74. The summed E-state index contributed by atoms with van der Waals surface area (Å²) >= 11 is 3.62. The third-order valence-corrected chi connectivity index (χ3v) is 14.2. The van der Waals surface area contributed by atoms with Crippen molar-refractivity contribution in [2.75, 3.05) is 0 Å². The van der Waals surface area contributed by atoms with Crippen LogP contribution in [0.5, 0.6) is 0 Å². The molecule has 7 heteroatoms. The summed E-state index contributed by atoms with van der Waals surface area (Å²) in [5.41, 5.74) is 0. The van der Waals surface area contributed by atoms with Crippen LogP contribution in [0.3, 0.4) is 0 Å². The first-order valence-electron chi connectivity index (χ1n) is 12.1. The molecule has 0 N–H and O–H groups in total. The summed E-state index contributed by atoms with van der Waals surface area (Å²) in [6, 6.07) is 30.8. The first kappa shape index (κ1) is 32.0. The first-order valence-corrected chi connectivity index (χ1v) is 36.7. The van der Waals surface area contributed by atoms with Crippen molar-refractivity contribution in [2.45, 2.75) is 29.6 Å². The summed E-state index contributed by atoms with van der Waals surface area (Å²) in [5.74, 6) is 0. The van der Waals surface area contributed by atoms with Gasteiger partial charge in [-0.05, 0) is 24.3 Å². The Labute approximate surface area is 268 Å². The topological polar surface area (TPSA) is 0 Å². The summed E-state index contributed by atoms with van der Waals surface area (Å²) in [6.45, 7) is 0. The molecule has 0 aliphatic rings. The Bertz CT molecular complexity index is 1650. The van der Waals surface area contributed by atoms with E-state index in [2.05, 4.69) is 130 Å². The van der Waals surface area contributed by atoms with Crippen molar-refractivity contribution in [3.05, 3.63) is 89.4 Å². The minimum absolute atomic E-state index is 0. The van der Waals surface area contributed by atoms with Crippen molar-refractivity contribution < 1.29 is 2.85 Å². The Morgan fingerprint density at radius 2 is 1.00 bits per heavy atom. The zero-order valence-electron chi connectivity index (χ0n) is 24.4. The molecule has 2 aromatic heterocycles. The van der Waals surface area contributed by atoms with Gasteiger partial charge in [-0.2, -0.15) is 0 Å². The fourth-order valence-electron chi connectivity index (χ4n) is 3.89. The molecule has 6 rings (SSSR count). The van der Waals surface area contributed by atoms with E-state index in [4.69, 9.17) is 8.92 Å². The van der Waals surface area contributed by atoms with E-state index in [1.807, 2.05) is 22.7 Å². The van der Waals surface area contributed by atoms with Gasteiger partial charge in [-0.3, -0.25) is 0 Å². The summed E-state index contributed by atoms with van der Waals surface area (Å²) in [5, 5.41) is 5.58. The SMILES string of the molecule is Brc1ccc2sc3ccccc3c2c1.[CH3][Sn]([CH3])([CH3])[Cl].[CH3][Sn]([CH3])([CH3])[c]1ccc2sc3ccccc3c2c1.[H-].[H-].[Mg+2]. The van der Waals surface area contributed by atoms with Crippen LogP contribution >= 0.6 is 47.5 Å². The molecule has 0 radical (unpaired) electrons. The molecule has 0 aliphatic carbocycles. The van der Waals surface area contributed by atoms with Crippen LogP contribution in [0.15, 0.2) is 89.4 Å². The fourth-order valence-corrected chi connectivity index (χ4v) is 9.74. The van der Waals surface area contributed by atoms with E-state index in [1.54, 1.807) is 3.58 Å². The summed E-state index contributed by atoms with van der Waals surface area (Å²) in [6.07, 6.45) is 0. The van der Waals surface area contributed by atoms with Gasteiger partial charge in [0.2, 0.25) is 0 Å². The third kappa shape index (κ3) is 8.72. The van der Waals surface area contributed by atoms with Gasteiger partial charge in [0.25, 0.3) is 0 Å². The average molecular weight is 836 g/mol. The number of halogens is 2. The molecular formula is C30H34BrClMgS2Sn2. The number of benzene rings is 4. The molecule has 4 aromatic carbocycles. The van der Waals surface area contributed by atoms with Gasteiger partial charge in [-0.25, -0.2) is 0 Å². The maximum atomic E-state index is 5.74. The van der Waals surface area contributed by atoms with Crippen molar-refractivity contribution in [2.24, 2.45) is 0 Å². The minimum atomic E-state index is -1.94. The van der Waals surface area contributed by atoms with E-state index in [9.17, 15) is 0 Å². The molecule has 2 heterocycles. The second kappa shape index (κ2) is 13.4. The Hall–Kier alpha value is 0.454. The monoisotopic (exact) mass is 836 g/mol. The minimum Gasteiger partial charge on any atom is -1.00 e. The zero-order chi connectivity index (χ0) is 26.1. The van der Waals surface area contributed by atoms with Gasteiger partial charge >= 0.3 is 175 Å². The van der Waals surface area contributed by atoms with E-state index in [-0.39, 0.29) is 25.9 Å². The maximum absolute atomic E-state index is 5.74. The molecule has 0 aliphatic heterocycles. The second-order valence-electron chi connectivity index (χ2n) is 10.9. The predicted molar refractivity (Wildman–Crippen MR) is 187 cm³/mol. The standard InChI is InChI=1S/C12H7BrS.C12H7S.6CH3.ClH.Mg.2Sn.2H/c13-8-5-6-12-10(7-8)9-3-1-2-4-11(9)14-12;1-3-7-11-9(5-1)10-6-2-4-8-12(10)13-11;;;;;;;;;;;;/h1-7H;1,3-8H;6*1H3;1H;;;;;/q;;;;;;;;;+2;;+1;2*-1/p-1. The van der Waals surface area contributed by atoms with Crippen LogP contribution in [0.4, 0.5) is 0 Å². The number of hydrogen-bond acceptors (Lipinski definition) is 2. The van der Waals surface area contributed by atoms with Crippen LogP contribution in [-0.2, 0) is 0 Å². The average Bonchev–Trinajstić information content (AvgIpc) is 3.35. The van der Waals surface area contributed by atoms with Gasteiger partial charge in [0, 0.05) is 24.6 Å². The molecule has 0 atom stereocenters. The fraction of sp³-hybridized carbons (Fsp3) is 0.200. The van der Waals surface area contributed by atoms with Gasteiger partial charge in [0.1, 0.15) is 0 Å². The molecule has 0 nitrogen and oxygen atoms in total. The molecule has 0 saturated heterocycles. The number of fused-ring (bicyclic) bond motifs is 6. The molecular weight excluding hydrogens is 802 g/mol. The molecule has 0 saturated carbocycles. The summed E-state index contributed by atoms with van der Waals surface area (Å²) in [4.78, 5) is 13.9. The van der Waals surface area contributed by atoms with E-state index in [0.29, 0.717) is 0 Å².